The van der Waals surface area contributed by atoms with E-state index in [0.29, 0.717) is 53.4 Å². The van der Waals surface area contributed by atoms with E-state index in [-0.39, 0.29) is 0 Å². The summed E-state index contributed by atoms with van der Waals surface area (Å²) in [6.45, 7) is 54.8. The highest BCUT2D eigenvalue weighted by Crippen LogP contribution is 2.40. The number of thiophene rings is 1. The van der Waals surface area contributed by atoms with E-state index in [1.165, 1.54) is 120 Å². The maximum absolute atomic E-state index is 5.21. The van der Waals surface area contributed by atoms with Crippen molar-refractivity contribution in [2.45, 2.75) is 253 Å². The zero-order valence-electron chi connectivity index (χ0n) is 85.7. The van der Waals surface area contributed by atoms with Crippen LogP contribution in [0.15, 0.2) is 331 Å². The Morgan fingerprint density at radius 3 is 1.39 bits per heavy atom. The second kappa shape index (κ2) is 60.7. The summed E-state index contributed by atoms with van der Waals surface area (Å²) < 4.78 is 12.8. The monoisotopic (exact) mass is 1810 g/mol. The standard InChI is InChI=1S/C21H21P.C19H19N.C17H27N.C12H13N.C12H16.C10H14O.C9H13N.C8H12O.C8H12S.C7H17N/c1-17(2)20-15-9-10-16-21(20)22(18-11-5-3-6-12-18)19-13-7-4-8-14-19;1-15(2)20-18(16-9-5-3-6-10-16)13-14-19(20)17-11-7-4-8-12-17;1-12(2)10-11-18-17-15(13(3)4)8-7-9-16(17)14(5)6;1-9(2)11-7-3-5-10-6-4-8-13-12(10)11;1-9(2)11-8-7-10-5-3-4-6-12(10)11;1-8(2)9-6-4-5-7-10(9)11-3;1-8(2)7-9-5-3-4-6-10-9;2*1-7(2)6-8-4-3-5-9-8;1-7(2)5-6-8(3)4/h3-17H,1-2H3;3-15H,1-2H3;7-9,11-14H,10H2,1-6H3;3-9H,1-2H3;3-6,9,11H,7-8H2,1-2H3;4-8H,1-3H3;3-6,8H,7H2,1-2H3;2*3-5,7H,6H2,1-2H3;7H,5-6H2,1-4H3. The van der Waals surface area contributed by atoms with Gasteiger partial charge in [-0.15, -0.1) is 11.3 Å². The van der Waals surface area contributed by atoms with Crippen LogP contribution in [0.1, 0.15) is 282 Å². The van der Waals surface area contributed by atoms with Crippen molar-refractivity contribution in [2.24, 2.45) is 40.5 Å². The Bertz CT molecular complexity index is 5180. The molecule has 14 aromatic rings. The lowest BCUT2D eigenvalue weighted by Crippen LogP contribution is -2.23. The SMILES string of the molecule is CC(C)C1CCc2ccccc21.CC(C)CC=Nc1c(C(C)C)cccc1C(C)C.CC(C)CCN(C)C.CC(C)Cc1ccccn1.CC(C)Cc1ccco1.CC(C)Cc1cccs1.CC(C)c1cccc2cccnc12.CC(C)c1ccccc1P(c1ccccc1)c1ccccc1.CC(C)n1c(-c2ccccc2)ccc1-c1ccccc1.COc1ccccc1C(C)C. The Morgan fingerprint density at radius 1 is 0.439 bits per heavy atom. The maximum Gasteiger partial charge on any atom is 0.122 e. The van der Waals surface area contributed by atoms with Crippen LogP contribution in [0.5, 0.6) is 5.75 Å². The molecule has 7 nitrogen and oxygen atoms in total. The van der Waals surface area contributed by atoms with Gasteiger partial charge in [-0.2, -0.15) is 0 Å². The van der Waals surface area contributed by atoms with Crippen LogP contribution in [0, 0.1) is 35.5 Å². The van der Waals surface area contributed by atoms with Gasteiger partial charge < -0.3 is 18.6 Å². The van der Waals surface area contributed by atoms with Gasteiger partial charge >= 0.3 is 0 Å². The molecule has 704 valence electrons. The quantitative estimate of drug-likeness (QED) is 0.0421. The fourth-order valence-electron chi connectivity index (χ4n) is 15.6. The molecule has 0 saturated heterocycles. The first-order valence-electron chi connectivity index (χ1n) is 48.9. The summed E-state index contributed by atoms with van der Waals surface area (Å²) in [5, 5.41) is 7.67. The molecular formula is C123H164N5O2PS. The van der Waals surface area contributed by atoms with Crippen LogP contribution < -0.4 is 20.7 Å². The molecule has 1 atom stereocenters. The van der Waals surface area contributed by atoms with E-state index in [1.807, 2.05) is 72.3 Å². The van der Waals surface area contributed by atoms with E-state index < -0.39 is 7.92 Å². The van der Waals surface area contributed by atoms with Crippen molar-refractivity contribution in [1.82, 2.24) is 19.4 Å². The van der Waals surface area contributed by atoms with Crippen LogP contribution in [-0.4, -0.2) is 53.4 Å². The molecule has 0 saturated carbocycles. The molecule has 1 aliphatic rings. The molecule has 1 aliphatic carbocycles. The summed E-state index contributed by atoms with van der Waals surface area (Å²) in [4.78, 5) is 17.1. The van der Waals surface area contributed by atoms with Gasteiger partial charge in [-0.3, -0.25) is 15.0 Å². The van der Waals surface area contributed by atoms with Gasteiger partial charge in [0.05, 0.1) is 24.6 Å². The van der Waals surface area contributed by atoms with Gasteiger partial charge in [-0.25, -0.2) is 0 Å². The van der Waals surface area contributed by atoms with Crippen molar-refractivity contribution >= 4 is 58.0 Å². The van der Waals surface area contributed by atoms with E-state index >= 15 is 0 Å². The number of nitrogens with zero attached hydrogens (tertiary/aromatic N) is 5. The fourth-order valence-corrected chi connectivity index (χ4v) is 19.1. The van der Waals surface area contributed by atoms with Gasteiger partial charge in [-0.05, 0) is 278 Å². The average Bonchev–Trinajstić information content (AvgIpc) is 1.46. The zero-order chi connectivity index (χ0) is 96.4. The molecule has 132 heavy (non-hydrogen) atoms. The fraction of sp³-hybridized carbons (Fsp3) is 0.390. The van der Waals surface area contributed by atoms with Gasteiger partial charge in [0, 0.05) is 58.4 Å². The Kier molecular flexibility index (Phi) is 50.8. The van der Waals surface area contributed by atoms with E-state index in [0.717, 1.165) is 60.0 Å². The summed E-state index contributed by atoms with van der Waals surface area (Å²) in [6, 6.07) is 105. The van der Waals surface area contributed by atoms with Gasteiger partial charge in [-0.1, -0.05) is 395 Å². The third-order valence-corrected chi connectivity index (χ3v) is 25.9. The first kappa shape index (κ1) is 110. The topological polar surface area (TPSA) is 68.7 Å². The van der Waals surface area contributed by atoms with Crippen molar-refractivity contribution in [3.05, 3.63) is 377 Å². The number of aliphatic imine (C=N–C) groups is 1. The van der Waals surface area contributed by atoms with Crippen LogP contribution >= 0.6 is 19.3 Å². The highest BCUT2D eigenvalue weighted by atomic mass is 32.1. The third-order valence-electron chi connectivity index (χ3n) is 22.4. The van der Waals surface area contributed by atoms with E-state index in [9.17, 15) is 0 Å². The summed E-state index contributed by atoms with van der Waals surface area (Å²) in [5.74, 6) is 10.1. The number of aromatic nitrogens is 3. The first-order valence-corrected chi connectivity index (χ1v) is 51.1. The van der Waals surface area contributed by atoms with Crippen LogP contribution in [0.25, 0.3) is 33.4 Å². The number of fused-ring (bicyclic) bond motifs is 2. The highest BCUT2D eigenvalue weighted by molar-refractivity contribution is 7.79. The van der Waals surface area contributed by atoms with Gasteiger partial charge in [0.1, 0.15) is 11.5 Å². The van der Waals surface area contributed by atoms with Crippen LogP contribution in [0.4, 0.5) is 5.69 Å². The summed E-state index contributed by atoms with van der Waals surface area (Å²) >= 11 is 1.85. The number of rotatable bonds is 25. The molecule has 5 aromatic heterocycles. The number of hydrogen-bond donors (Lipinski definition) is 0. The molecule has 9 aromatic carbocycles. The molecule has 1 unspecified atom stereocenters. The minimum atomic E-state index is -0.499. The lowest BCUT2D eigenvalue weighted by molar-refractivity contribution is 0.369. The third kappa shape index (κ3) is 39.4. The number of benzene rings is 9. The summed E-state index contributed by atoms with van der Waals surface area (Å²) in [7, 11) is 5.44. The minimum Gasteiger partial charge on any atom is -0.496 e. The van der Waals surface area contributed by atoms with E-state index in [2.05, 4.69) is 460 Å². The number of pyridine rings is 2. The zero-order valence-corrected chi connectivity index (χ0v) is 87.5. The van der Waals surface area contributed by atoms with Crippen molar-refractivity contribution < 1.29 is 9.15 Å². The lowest BCUT2D eigenvalue weighted by Gasteiger charge is -2.23. The second-order valence-electron chi connectivity index (χ2n) is 38.9. The smallest absolute Gasteiger partial charge is 0.122 e. The minimum absolute atomic E-state index is 0.426. The Morgan fingerprint density at radius 2 is 0.924 bits per heavy atom. The Balaban J connectivity index is 0.000000230. The number of para-hydroxylation sites is 3. The van der Waals surface area contributed by atoms with Gasteiger partial charge in [0.25, 0.3) is 0 Å². The Labute approximate surface area is 806 Å². The van der Waals surface area contributed by atoms with Gasteiger partial charge in [0.15, 0.2) is 0 Å². The van der Waals surface area contributed by atoms with E-state index in [4.69, 9.17) is 14.1 Å². The predicted molar refractivity (Wildman–Crippen MR) is 583 cm³/mol. The van der Waals surface area contributed by atoms with Crippen molar-refractivity contribution in [3.8, 4) is 28.3 Å². The van der Waals surface area contributed by atoms with Gasteiger partial charge in [0.2, 0.25) is 0 Å². The summed E-state index contributed by atoms with van der Waals surface area (Å²) in [6.07, 6.45) is 15.9. The van der Waals surface area contributed by atoms with Crippen LogP contribution in [-0.2, 0) is 25.7 Å². The molecule has 5 heterocycles. The number of methoxy groups -OCH3 is 1. The van der Waals surface area contributed by atoms with E-state index in [1.54, 1.807) is 24.5 Å². The molecule has 0 amide bonds. The predicted octanol–water partition coefficient (Wildman–Crippen LogP) is 34.5. The highest BCUT2D eigenvalue weighted by Gasteiger charge is 2.25. The number of furan rings is 1. The molecular weight excluding hydrogens is 1640 g/mol. The lowest BCUT2D eigenvalue weighted by atomic mass is 9.90. The average molecular weight is 1810 g/mol. The number of hydrogen-bond acceptors (Lipinski definition) is 7. The molecule has 0 fully saturated rings. The second-order valence-corrected chi connectivity index (χ2v) is 42.1. The number of ether oxygens (including phenoxy) is 1. The molecule has 15 rings (SSSR count). The summed E-state index contributed by atoms with van der Waals surface area (Å²) in [5.41, 5.74) is 18.6. The van der Waals surface area contributed by atoms with Crippen LogP contribution in [0.3, 0.4) is 0 Å². The molecule has 0 bridgehead atoms. The van der Waals surface area contributed by atoms with Crippen molar-refractivity contribution in [3.63, 3.8) is 0 Å². The largest absolute Gasteiger partial charge is 0.496 e. The van der Waals surface area contributed by atoms with Crippen LogP contribution in [0.2, 0.25) is 0 Å². The first-order chi connectivity index (χ1) is 63.3. The Hall–Kier alpha value is -10.3. The molecule has 9 heteroatoms. The normalized spacial score (nSPS) is 12.0. The van der Waals surface area contributed by atoms with Crippen molar-refractivity contribution in [2.75, 3.05) is 27.7 Å². The van der Waals surface area contributed by atoms with Crippen molar-refractivity contribution in [1.29, 1.82) is 0 Å². The molecule has 0 aliphatic heterocycles. The number of aryl methyl sites for hydroxylation is 1. The maximum atomic E-state index is 5.21. The molecule has 0 spiro atoms. The molecule has 0 radical (unpaired) electrons. The molecule has 0 N–H and O–H groups in total.